The van der Waals surface area contributed by atoms with E-state index < -0.39 is 15.1 Å². The zero-order valence-corrected chi connectivity index (χ0v) is 14.4. The molecule has 23 heavy (non-hydrogen) atoms. The van der Waals surface area contributed by atoms with E-state index in [2.05, 4.69) is 10.1 Å². The summed E-state index contributed by atoms with van der Waals surface area (Å²) in [5.74, 6) is 0.501. The fourth-order valence-electron chi connectivity index (χ4n) is 2.22. The molecule has 0 fully saturated rings. The smallest absolute Gasteiger partial charge is 0.245 e. The van der Waals surface area contributed by atoms with E-state index in [4.69, 9.17) is 4.52 Å². The SMILES string of the molecule is Cc1cccc(CS(=O)(=O)[C@H](C)c2nc(-c3cccs3)no2)c1. The molecule has 0 aliphatic heterocycles. The van der Waals surface area contributed by atoms with Crippen LogP contribution in [0.4, 0.5) is 0 Å². The largest absolute Gasteiger partial charge is 0.338 e. The van der Waals surface area contributed by atoms with Crippen LogP contribution < -0.4 is 0 Å². The van der Waals surface area contributed by atoms with Crippen LogP contribution in [0, 0.1) is 6.92 Å². The molecule has 0 unspecified atom stereocenters. The highest BCUT2D eigenvalue weighted by atomic mass is 32.2. The Kier molecular flexibility index (Phi) is 4.32. The van der Waals surface area contributed by atoms with Gasteiger partial charge < -0.3 is 4.52 Å². The number of benzene rings is 1. The number of hydrogen-bond acceptors (Lipinski definition) is 6. The molecule has 0 spiro atoms. The van der Waals surface area contributed by atoms with Crippen molar-refractivity contribution >= 4 is 21.2 Å². The molecule has 5 nitrogen and oxygen atoms in total. The van der Waals surface area contributed by atoms with Crippen molar-refractivity contribution in [3.63, 3.8) is 0 Å². The molecule has 0 N–H and O–H groups in total. The van der Waals surface area contributed by atoms with Crippen molar-refractivity contribution in [2.24, 2.45) is 0 Å². The topological polar surface area (TPSA) is 73.1 Å². The Morgan fingerprint density at radius 1 is 1.26 bits per heavy atom. The molecule has 3 aromatic rings. The molecule has 0 aliphatic carbocycles. The molecule has 7 heteroatoms. The van der Waals surface area contributed by atoms with Crippen LogP contribution in [0.3, 0.4) is 0 Å². The summed E-state index contributed by atoms with van der Waals surface area (Å²) in [5, 5.41) is 4.94. The van der Waals surface area contributed by atoms with E-state index in [-0.39, 0.29) is 11.6 Å². The van der Waals surface area contributed by atoms with Gasteiger partial charge >= 0.3 is 0 Å². The molecule has 0 bridgehead atoms. The summed E-state index contributed by atoms with van der Waals surface area (Å²) >= 11 is 1.48. The summed E-state index contributed by atoms with van der Waals surface area (Å²) in [4.78, 5) is 5.08. The number of thiophene rings is 1. The van der Waals surface area contributed by atoms with E-state index in [0.717, 1.165) is 16.0 Å². The quantitative estimate of drug-likeness (QED) is 0.701. The van der Waals surface area contributed by atoms with Crippen LogP contribution >= 0.6 is 11.3 Å². The second kappa shape index (κ2) is 6.25. The van der Waals surface area contributed by atoms with Gasteiger partial charge in [0, 0.05) is 0 Å². The third kappa shape index (κ3) is 3.51. The standard InChI is InChI=1S/C16H16N2O3S2/c1-11-5-3-6-13(9-11)10-23(19,20)12(2)16-17-15(18-21-16)14-7-4-8-22-14/h3-9,12H,10H2,1-2H3/t12-/m1/s1. The number of nitrogens with zero attached hydrogens (tertiary/aromatic N) is 2. The maximum Gasteiger partial charge on any atom is 0.245 e. The number of rotatable bonds is 5. The molecule has 1 atom stereocenters. The van der Waals surface area contributed by atoms with Crippen LogP contribution in [0.1, 0.15) is 29.2 Å². The zero-order chi connectivity index (χ0) is 16.4. The van der Waals surface area contributed by atoms with Gasteiger partial charge in [-0.25, -0.2) is 8.42 Å². The van der Waals surface area contributed by atoms with E-state index in [0.29, 0.717) is 5.82 Å². The number of aryl methyl sites for hydroxylation is 1. The van der Waals surface area contributed by atoms with Gasteiger partial charge in [-0.15, -0.1) is 11.3 Å². The highest BCUT2D eigenvalue weighted by molar-refractivity contribution is 7.90. The van der Waals surface area contributed by atoms with E-state index in [1.54, 1.807) is 6.92 Å². The lowest BCUT2D eigenvalue weighted by Gasteiger charge is -2.09. The molecule has 3 rings (SSSR count). The van der Waals surface area contributed by atoms with Crippen LogP contribution in [-0.2, 0) is 15.6 Å². The minimum atomic E-state index is -3.43. The molecule has 0 saturated heterocycles. The van der Waals surface area contributed by atoms with Gasteiger partial charge in [-0.1, -0.05) is 41.1 Å². The summed E-state index contributed by atoms with van der Waals surface area (Å²) in [6.45, 7) is 3.52. The molecule has 0 aliphatic rings. The molecule has 1 aromatic carbocycles. The fraction of sp³-hybridized carbons (Fsp3) is 0.250. The van der Waals surface area contributed by atoms with E-state index in [1.807, 2.05) is 48.7 Å². The van der Waals surface area contributed by atoms with Gasteiger partial charge in [0.1, 0.15) is 5.25 Å². The van der Waals surface area contributed by atoms with Crippen molar-refractivity contribution in [1.29, 1.82) is 0 Å². The molecule has 0 radical (unpaired) electrons. The fourth-order valence-corrected chi connectivity index (χ4v) is 4.17. The monoisotopic (exact) mass is 348 g/mol. The molecule has 0 saturated carbocycles. The second-order valence-electron chi connectivity index (χ2n) is 5.37. The lowest BCUT2D eigenvalue weighted by molar-refractivity contribution is 0.377. The van der Waals surface area contributed by atoms with Gasteiger partial charge in [0.05, 0.1) is 10.6 Å². The summed E-state index contributed by atoms with van der Waals surface area (Å²) in [6, 6.07) is 11.2. The Morgan fingerprint density at radius 3 is 2.78 bits per heavy atom. The van der Waals surface area contributed by atoms with Gasteiger partial charge in [0.15, 0.2) is 9.84 Å². The van der Waals surface area contributed by atoms with Crippen molar-refractivity contribution in [2.75, 3.05) is 0 Å². The van der Waals surface area contributed by atoms with Crippen molar-refractivity contribution in [3.8, 4) is 10.7 Å². The molecular formula is C16H16N2O3S2. The second-order valence-corrected chi connectivity index (χ2v) is 8.64. The Labute approximate surface area is 138 Å². The predicted molar refractivity (Wildman–Crippen MR) is 89.8 cm³/mol. The Bertz CT molecular complexity index is 899. The lowest BCUT2D eigenvalue weighted by Crippen LogP contribution is -2.13. The van der Waals surface area contributed by atoms with Crippen molar-refractivity contribution in [2.45, 2.75) is 24.9 Å². The highest BCUT2D eigenvalue weighted by Gasteiger charge is 2.28. The first-order chi connectivity index (χ1) is 11.0. The lowest BCUT2D eigenvalue weighted by atomic mass is 10.2. The van der Waals surface area contributed by atoms with E-state index >= 15 is 0 Å². The first-order valence-electron chi connectivity index (χ1n) is 7.10. The van der Waals surface area contributed by atoms with Crippen LogP contribution in [0.5, 0.6) is 0 Å². The van der Waals surface area contributed by atoms with E-state index in [9.17, 15) is 8.42 Å². The maximum atomic E-state index is 12.6. The molecule has 2 aromatic heterocycles. The summed E-state index contributed by atoms with van der Waals surface area (Å²) < 4.78 is 30.3. The van der Waals surface area contributed by atoms with Gasteiger partial charge in [-0.3, -0.25) is 0 Å². The minimum absolute atomic E-state index is 0.0490. The number of hydrogen-bond donors (Lipinski definition) is 0. The normalized spacial score (nSPS) is 13.1. The van der Waals surface area contributed by atoms with Crippen LogP contribution in [0.25, 0.3) is 10.7 Å². The minimum Gasteiger partial charge on any atom is -0.338 e. The first-order valence-corrected chi connectivity index (χ1v) is 9.70. The van der Waals surface area contributed by atoms with Crippen molar-refractivity contribution < 1.29 is 12.9 Å². The summed E-state index contributed by atoms with van der Waals surface area (Å²) in [5.41, 5.74) is 1.79. The van der Waals surface area contributed by atoms with Crippen LogP contribution in [-0.4, -0.2) is 18.6 Å². The number of sulfone groups is 1. The average molecular weight is 348 g/mol. The molecule has 2 heterocycles. The van der Waals surface area contributed by atoms with Crippen molar-refractivity contribution in [1.82, 2.24) is 10.1 Å². The Morgan fingerprint density at radius 2 is 2.09 bits per heavy atom. The summed E-state index contributed by atoms with van der Waals surface area (Å²) in [6.07, 6.45) is 0. The Hall–Kier alpha value is -1.99. The first kappa shape index (κ1) is 15.9. The highest BCUT2D eigenvalue weighted by Crippen LogP contribution is 2.28. The molecule has 120 valence electrons. The average Bonchev–Trinajstić information content (AvgIpc) is 3.17. The number of aromatic nitrogens is 2. The van der Waals surface area contributed by atoms with Crippen molar-refractivity contribution in [3.05, 3.63) is 58.8 Å². The van der Waals surface area contributed by atoms with Gasteiger partial charge in [0.25, 0.3) is 0 Å². The summed E-state index contributed by atoms with van der Waals surface area (Å²) in [7, 11) is -3.43. The maximum absolute atomic E-state index is 12.6. The van der Waals surface area contributed by atoms with Crippen LogP contribution in [0.2, 0.25) is 0 Å². The molecule has 0 amide bonds. The van der Waals surface area contributed by atoms with Crippen LogP contribution in [0.15, 0.2) is 46.3 Å². The zero-order valence-electron chi connectivity index (χ0n) is 12.8. The molecular weight excluding hydrogens is 332 g/mol. The predicted octanol–water partition coefficient (Wildman–Crippen LogP) is 3.78. The van der Waals surface area contributed by atoms with Gasteiger partial charge in [0.2, 0.25) is 11.7 Å². The third-order valence-electron chi connectivity index (χ3n) is 3.52. The third-order valence-corrected chi connectivity index (χ3v) is 6.40. The Balaban J connectivity index is 1.82. The van der Waals surface area contributed by atoms with Gasteiger partial charge in [-0.05, 0) is 30.9 Å². The van der Waals surface area contributed by atoms with Gasteiger partial charge in [-0.2, -0.15) is 4.98 Å². The van der Waals surface area contributed by atoms with E-state index in [1.165, 1.54) is 11.3 Å².